The van der Waals surface area contributed by atoms with Crippen molar-refractivity contribution >= 4 is 7.05 Å². The summed E-state index contributed by atoms with van der Waals surface area (Å²) >= 11 is 0. The van der Waals surface area contributed by atoms with E-state index in [0.717, 1.165) is 6.42 Å². The molecule has 2 aromatic rings. The predicted octanol–water partition coefficient (Wildman–Crippen LogP) is 11.8. The molecule has 0 unspecified atom stereocenters. The molecule has 1 N–H and O–H groups in total. The van der Waals surface area contributed by atoms with Crippen LogP contribution in [-0.2, 0) is 26.8 Å². The van der Waals surface area contributed by atoms with Gasteiger partial charge in [0.15, 0.2) is 0 Å². The van der Waals surface area contributed by atoms with Gasteiger partial charge in [-0.2, -0.15) is 0 Å². The number of hydrogen-bond acceptors (Lipinski definition) is 1. The Morgan fingerprint density at radius 1 is 0.625 bits per heavy atom. The molecule has 0 amide bonds. The lowest BCUT2D eigenvalue weighted by Crippen LogP contribution is -2.37. The Labute approximate surface area is 246 Å². The van der Waals surface area contributed by atoms with Crippen LogP contribution >= 0.6 is 7.05 Å². The Bertz CT molecular complexity index is 1330. The summed E-state index contributed by atoms with van der Waals surface area (Å²) in [6.07, 6.45) is 7.84. The first-order valence-electron chi connectivity index (χ1n) is 15.9. The number of hydrogen-bond donors (Lipinski definition) is 1. The molecule has 0 saturated carbocycles. The van der Waals surface area contributed by atoms with E-state index < -0.39 is 7.05 Å². The number of allylic oxidation sites excluding steroid dienone is 1. The average Bonchev–Trinajstić information content (AvgIpc) is 3.13. The first-order valence-corrected chi connectivity index (χ1v) is 17.8. The van der Waals surface area contributed by atoms with Crippen LogP contribution in [0.2, 0.25) is 0 Å². The second kappa shape index (κ2) is 8.96. The summed E-state index contributed by atoms with van der Waals surface area (Å²) in [4.78, 5) is 0. The Morgan fingerprint density at radius 2 is 0.925 bits per heavy atom. The molecule has 0 saturated heterocycles. The van der Waals surface area contributed by atoms with Crippen LogP contribution in [0.3, 0.4) is 0 Å². The van der Waals surface area contributed by atoms with Gasteiger partial charge < -0.3 is 5.16 Å². The highest BCUT2D eigenvalue weighted by atomic mass is 31.2. The summed E-state index contributed by atoms with van der Waals surface area (Å²) in [5.74, 6) is 0. The van der Waals surface area contributed by atoms with Gasteiger partial charge in [0.2, 0.25) is 0 Å². The van der Waals surface area contributed by atoms with E-state index >= 15 is 0 Å². The molecule has 5 rings (SSSR count). The van der Waals surface area contributed by atoms with E-state index in [9.17, 15) is 5.16 Å². The zero-order valence-corrected chi connectivity index (χ0v) is 28.6. The van der Waals surface area contributed by atoms with Crippen LogP contribution in [0.15, 0.2) is 36.9 Å². The third kappa shape index (κ3) is 3.81. The van der Waals surface area contributed by atoms with Gasteiger partial charge in [-0.3, -0.25) is 0 Å². The summed E-state index contributed by atoms with van der Waals surface area (Å²) in [6.45, 7) is 33.3. The van der Waals surface area contributed by atoms with Crippen molar-refractivity contribution in [2.45, 2.75) is 153 Å². The largest absolute Gasteiger partial charge is 0.317 e. The number of rotatable bonds is 5. The van der Waals surface area contributed by atoms with Crippen LogP contribution < -0.4 is 0 Å². The molecule has 2 heteroatoms. The normalized spacial score (nSPS) is 22.9. The quantitative estimate of drug-likeness (QED) is 0.279. The second-order valence-electron chi connectivity index (χ2n) is 16.7. The first kappa shape index (κ1) is 29.9. The minimum Gasteiger partial charge on any atom is -0.317 e. The second-order valence-corrected chi connectivity index (χ2v) is 21.1. The lowest BCUT2D eigenvalue weighted by Gasteiger charge is -2.49. The molecule has 3 aliphatic rings. The van der Waals surface area contributed by atoms with Crippen molar-refractivity contribution < 1.29 is 0 Å². The highest BCUT2D eigenvalue weighted by Crippen LogP contribution is 2.78. The summed E-state index contributed by atoms with van der Waals surface area (Å²) in [5, 5.41) is 10.3. The van der Waals surface area contributed by atoms with Crippen molar-refractivity contribution in [2.24, 2.45) is 0 Å². The molecule has 3 aliphatic carbocycles. The van der Waals surface area contributed by atoms with Crippen LogP contribution in [0, 0.1) is 5.16 Å². The van der Waals surface area contributed by atoms with Gasteiger partial charge in [0.25, 0.3) is 0 Å². The van der Waals surface area contributed by atoms with Gasteiger partial charge in [-0.15, -0.1) is 6.58 Å². The Kier molecular flexibility index (Phi) is 6.69. The fraction of sp³-hybridized carbons (Fsp3) is 0.632. The van der Waals surface area contributed by atoms with Gasteiger partial charge in [-0.05, 0) is 129 Å². The molecule has 0 fully saturated rings. The standard InChI is InChI=1S/C38H56NP/c1-14-15-38(40(39,24(2)3)25(4)5)28-22-32-30(34(6,7)16-18-36(32,10)11)20-26(28)27-21-31-33(23-29(27)38)37(12,13)19-17-35(31,8)9/h14,20-25,39H,1,15-19H2,2-13H3. The zero-order valence-electron chi connectivity index (χ0n) is 27.7. The maximum Gasteiger partial charge on any atom is 0.0599 e. The van der Waals surface area contributed by atoms with Gasteiger partial charge in [-0.25, -0.2) is 0 Å². The van der Waals surface area contributed by atoms with Crippen molar-refractivity contribution in [2.75, 3.05) is 0 Å². The predicted molar refractivity (Wildman–Crippen MR) is 178 cm³/mol. The minimum atomic E-state index is -2.31. The molecule has 0 spiro atoms. The van der Waals surface area contributed by atoms with Crippen LogP contribution in [0.1, 0.15) is 149 Å². The maximum atomic E-state index is 10.6. The number of fused-ring (bicyclic) bond motifs is 5. The van der Waals surface area contributed by atoms with E-state index in [4.69, 9.17) is 0 Å². The van der Waals surface area contributed by atoms with Crippen molar-refractivity contribution in [3.8, 4) is 11.1 Å². The first-order chi connectivity index (χ1) is 18.3. The third-order valence-electron chi connectivity index (χ3n) is 11.9. The molecule has 0 aliphatic heterocycles. The molecule has 0 atom stereocenters. The van der Waals surface area contributed by atoms with E-state index in [1.165, 1.54) is 70.2 Å². The molecule has 0 bridgehead atoms. The summed E-state index contributed by atoms with van der Waals surface area (Å²) in [7, 11) is -2.31. The minimum absolute atomic E-state index is 0.136. The topological polar surface area (TPSA) is 23.9 Å². The van der Waals surface area contributed by atoms with Gasteiger partial charge in [0.05, 0.1) is 5.16 Å². The molecule has 218 valence electrons. The lowest BCUT2D eigenvalue weighted by molar-refractivity contribution is 0.331. The highest BCUT2D eigenvalue weighted by Gasteiger charge is 2.56. The monoisotopic (exact) mass is 557 g/mol. The fourth-order valence-electron chi connectivity index (χ4n) is 8.96. The van der Waals surface area contributed by atoms with Crippen LogP contribution in [0.5, 0.6) is 0 Å². The molecule has 2 aromatic carbocycles. The fourth-order valence-corrected chi connectivity index (χ4v) is 13.5. The Balaban J connectivity index is 2.01. The van der Waals surface area contributed by atoms with E-state index in [1.54, 1.807) is 0 Å². The molecular formula is C38H56NP. The molecule has 1 nitrogen and oxygen atoms in total. The van der Waals surface area contributed by atoms with Crippen molar-refractivity contribution in [1.82, 2.24) is 0 Å². The third-order valence-corrected chi connectivity index (χ3v) is 17.0. The Morgan fingerprint density at radius 3 is 1.20 bits per heavy atom. The molecule has 40 heavy (non-hydrogen) atoms. The lowest BCUT2D eigenvalue weighted by atomic mass is 9.62. The number of benzene rings is 2. The van der Waals surface area contributed by atoms with Crippen LogP contribution in [-0.4, -0.2) is 11.3 Å². The van der Waals surface area contributed by atoms with Gasteiger partial charge in [0, 0.05) is 0 Å². The van der Waals surface area contributed by atoms with E-state index in [1.807, 2.05) is 0 Å². The summed E-state index contributed by atoms with van der Waals surface area (Å²) < 4.78 is 0. The van der Waals surface area contributed by atoms with Crippen molar-refractivity contribution in [3.05, 3.63) is 70.3 Å². The molecular weight excluding hydrogens is 501 g/mol. The summed E-state index contributed by atoms with van der Waals surface area (Å²) in [5.41, 5.74) is 13.0. The molecule has 0 heterocycles. The zero-order chi connectivity index (χ0) is 29.8. The maximum absolute atomic E-state index is 10.6. The Hall–Kier alpha value is -1.59. The van der Waals surface area contributed by atoms with Crippen molar-refractivity contribution in [1.29, 1.82) is 5.16 Å². The number of nitrogens with one attached hydrogen (secondary N) is 1. The summed E-state index contributed by atoms with van der Waals surface area (Å²) in [6, 6.07) is 10.5. The van der Waals surface area contributed by atoms with E-state index in [-0.39, 0.29) is 26.8 Å². The van der Waals surface area contributed by atoms with Gasteiger partial charge in [-0.1, -0.05) is 101 Å². The van der Waals surface area contributed by atoms with E-state index in [2.05, 4.69) is 120 Å². The SMILES string of the molecule is C=CCC1(P(=N)(C(C)C)C(C)C)c2cc3c(cc2-c2cc4c(cc21)C(C)(C)CCC4(C)C)C(C)(C)CCC3(C)C. The van der Waals surface area contributed by atoms with Crippen molar-refractivity contribution in [3.63, 3.8) is 0 Å². The highest BCUT2D eigenvalue weighted by molar-refractivity contribution is 7.67. The van der Waals surface area contributed by atoms with Crippen LogP contribution in [0.25, 0.3) is 11.1 Å². The van der Waals surface area contributed by atoms with E-state index in [0.29, 0.717) is 11.3 Å². The smallest absolute Gasteiger partial charge is 0.0599 e. The van der Waals surface area contributed by atoms with Crippen LogP contribution in [0.4, 0.5) is 0 Å². The van der Waals surface area contributed by atoms with Gasteiger partial charge in [0.1, 0.15) is 0 Å². The average molecular weight is 558 g/mol. The van der Waals surface area contributed by atoms with Gasteiger partial charge >= 0.3 is 0 Å². The molecule has 0 aromatic heterocycles. The molecule has 0 radical (unpaired) electrons.